The molecule has 2 N–H and O–H groups in total. The van der Waals surface area contributed by atoms with E-state index in [0.717, 1.165) is 56.9 Å². The van der Waals surface area contributed by atoms with Crippen LogP contribution in [0, 0.1) is 0 Å². The third-order valence-corrected chi connectivity index (χ3v) is 7.32. The average Bonchev–Trinajstić information content (AvgIpc) is 2.65. The van der Waals surface area contributed by atoms with Crippen molar-refractivity contribution in [2.24, 2.45) is 0 Å². The van der Waals surface area contributed by atoms with Crippen molar-refractivity contribution in [1.29, 1.82) is 0 Å². The van der Waals surface area contributed by atoms with E-state index in [1.165, 1.54) is 6.92 Å². The molecular formula is C21H32N2O4S. The summed E-state index contributed by atoms with van der Waals surface area (Å²) in [5.41, 5.74) is 1.36. The fraction of sp³-hybridized carbons (Fsp3) is 0.619. The van der Waals surface area contributed by atoms with Crippen LogP contribution in [0.2, 0.25) is 0 Å². The number of amides is 2. The van der Waals surface area contributed by atoms with Crippen molar-refractivity contribution in [1.82, 2.24) is 5.32 Å². The van der Waals surface area contributed by atoms with Gasteiger partial charge in [0, 0.05) is 25.6 Å². The zero-order valence-corrected chi connectivity index (χ0v) is 17.5. The molecule has 0 unspecified atom stereocenters. The zero-order valence-electron chi connectivity index (χ0n) is 16.7. The number of benzene rings is 1. The van der Waals surface area contributed by atoms with E-state index in [1.807, 2.05) is 0 Å². The van der Waals surface area contributed by atoms with Gasteiger partial charge in [-0.15, -0.1) is 0 Å². The quantitative estimate of drug-likeness (QED) is 0.579. The van der Waals surface area contributed by atoms with Gasteiger partial charge in [0.1, 0.15) is 0 Å². The number of nitrogens with one attached hydrogen (secondary N) is 2. The molecular weight excluding hydrogens is 376 g/mol. The van der Waals surface area contributed by atoms with Crippen LogP contribution in [0.25, 0.3) is 0 Å². The van der Waals surface area contributed by atoms with Crippen molar-refractivity contribution in [3.63, 3.8) is 0 Å². The van der Waals surface area contributed by atoms with Crippen LogP contribution in [0.3, 0.4) is 0 Å². The minimum Gasteiger partial charge on any atom is -0.356 e. The highest BCUT2D eigenvalue weighted by Crippen LogP contribution is 2.26. The summed E-state index contributed by atoms with van der Waals surface area (Å²) in [6.07, 6.45) is 7.51. The van der Waals surface area contributed by atoms with Gasteiger partial charge in [-0.3, -0.25) is 9.59 Å². The number of rotatable bonds is 10. The Balaban J connectivity index is 1.79. The van der Waals surface area contributed by atoms with Crippen molar-refractivity contribution >= 4 is 27.3 Å². The molecule has 2 amide bonds. The van der Waals surface area contributed by atoms with Crippen LogP contribution in [-0.2, 0) is 25.2 Å². The van der Waals surface area contributed by atoms with E-state index < -0.39 is 9.84 Å². The maximum Gasteiger partial charge on any atom is 0.224 e. The Morgan fingerprint density at radius 1 is 1.07 bits per heavy atom. The minimum absolute atomic E-state index is 0.0323. The van der Waals surface area contributed by atoms with E-state index in [2.05, 4.69) is 10.6 Å². The van der Waals surface area contributed by atoms with Crippen LogP contribution >= 0.6 is 0 Å². The van der Waals surface area contributed by atoms with E-state index in [1.54, 1.807) is 24.3 Å². The van der Waals surface area contributed by atoms with Gasteiger partial charge in [-0.25, -0.2) is 8.42 Å². The molecule has 156 valence electrons. The molecule has 6 nitrogen and oxygen atoms in total. The number of hydrogen-bond acceptors (Lipinski definition) is 4. The lowest BCUT2D eigenvalue weighted by Gasteiger charge is -2.21. The fourth-order valence-corrected chi connectivity index (χ4v) is 5.52. The number of sulfone groups is 1. The number of carbonyl (C=O) groups excluding carboxylic acids is 2. The first-order valence-electron chi connectivity index (χ1n) is 10.2. The fourth-order valence-electron chi connectivity index (χ4n) is 3.59. The first-order valence-corrected chi connectivity index (χ1v) is 11.9. The Morgan fingerprint density at radius 3 is 2.54 bits per heavy atom. The van der Waals surface area contributed by atoms with Crippen LogP contribution in [-0.4, -0.2) is 32.0 Å². The van der Waals surface area contributed by atoms with Gasteiger partial charge in [0.15, 0.2) is 9.84 Å². The molecule has 1 aromatic rings. The lowest BCUT2D eigenvalue weighted by Crippen LogP contribution is -2.25. The van der Waals surface area contributed by atoms with Crippen LogP contribution in [0.4, 0.5) is 5.69 Å². The second-order valence-corrected chi connectivity index (χ2v) is 9.89. The smallest absolute Gasteiger partial charge is 0.224 e. The Labute approximate surface area is 168 Å². The van der Waals surface area contributed by atoms with Gasteiger partial charge in [-0.2, -0.15) is 0 Å². The molecule has 1 aromatic carbocycles. The molecule has 0 spiro atoms. The first kappa shape index (κ1) is 22.4. The summed E-state index contributed by atoms with van der Waals surface area (Å²) in [4.78, 5) is 22.9. The lowest BCUT2D eigenvalue weighted by atomic mass is 10.0. The van der Waals surface area contributed by atoms with Crippen molar-refractivity contribution < 1.29 is 18.0 Å². The third-order valence-electron chi connectivity index (χ3n) is 5.09. The summed E-state index contributed by atoms with van der Waals surface area (Å²) in [6.45, 7) is 2.12. The highest BCUT2D eigenvalue weighted by Gasteiger charge is 2.27. The highest BCUT2D eigenvalue weighted by atomic mass is 32.2. The molecule has 7 heteroatoms. The normalized spacial score (nSPS) is 15.2. The maximum absolute atomic E-state index is 12.6. The molecule has 1 aliphatic rings. The van der Waals surface area contributed by atoms with Crippen LogP contribution in [0.15, 0.2) is 24.3 Å². The lowest BCUT2D eigenvalue weighted by molar-refractivity contribution is -0.119. The molecule has 0 atom stereocenters. The first-order chi connectivity index (χ1) is 13.4. The highest BCUT2D eigenvalue weighted by molar-refractivity contribution is 7.91. The molecule has 1 fully saturated rings. The van der Waals surface area contributed by atoms with Gasteiger partial charge in [0.2, 0.25) is 11.8 Å². The second kappa shape index (κ2) is 11.2. The molecule has 0 aromatic heterocycles. The van der Waals surface area contributed by atoms with E-state index in [4.69, 9.17) is 0 Å². The van der Waals surface area contributed by atoms with E-state index in [-0.39, 0.29) is 22.8 Å². The van der Waals surface area contributed by atoms with Gasteiger partial charge in [-0.05, 0) is 43.4 Å². The Kier molecular flexibility index (Phi) is 8.96. The summed E-state index contributed by atoms with van der Waals surface area (Å²) in [5.74, 6) is -0.0835. The number of hydrogen-bond donors (Lipinski definition) is 2. The van der Waals surface area contributed by atoms with Crippen molar-refractivity contribution in [3.8, 4) is 0 Å². The van der Waals surface area contributed by atoms with Crippen molar-refractivity contribution in [2.75, 3.05) is 11.9 Å². The van der Waals surface area contributed by atoms with Crippen molar-refractivity contribution in [2.45, 2.75) is 75.7 Å². The maximum atomic E-state index is 12.6. The Bertz CT molecular complexity index is 755. The number of unbranched alkanes of at least 4 members (excludes halogenated alkanes) is 2. The largest absolute Gasteiger partial charge is 0.356 e. The zero-order chi connectivity index (χ0) is 20.4. The van der Waals surface area contributed by atoms with Gasteiger partial charge in [0.25, 0.3) is 0 Å². The Morgan fingerprint density at radius 2 is 1.82 bits per heavy atom. The molecule has 28 heavy (non-hydrogen) atoms. The average molecular weight is 409 g/mol. The minimum atomic E-state index is -3.15. The van der Waals surface area contributed by atoms with Gasteiger partial charge < -0.3 is 10.6 Å². The molecule has 0 heterocycles. The molecule has 2 rings (SSSR count). The van der Waals surface area contributed by atoms with Crippen LogP contribution in [0.5, 0.6) is 0 Å². The van der Waals surface area contributed by atoms with Gasteiger partial charge in [0.05, 0.1) is 11.0 Å². The summed E-state index contributed by atoms with van der Waals surface area (Å²) in [7, 11) is -3.15. The summed E-state index contributed by atoms with van der Waals surface area (Å²) in [5, 5.41) is 5.36. The number of anilines is 1. The van der Waals surface area contributed by atoms with Crippen LogP contribution in [0.1, 0.15) is 70.3 Å². The molecule has 0 radical (unpaired) electrons. The third kappa shape index (κ3) is 8.00. The predicted molar refractivity (Wildman–Crippen MR) is 112 cm³/mol. The molecule has 1 saturated carbocycles. The molecule has 0 bridgehead atoms. The second-order valence-electron chi connectivity index (χ2n) is 7.61. The van der Waals surface area contributed by atoms with E-state index >= 15 is 0 Å². The molecule has 1 aliphatic carbocycles. The van der Waals surface area contributed by atoms with E-state index in [0.29, 0.717) is 18.7 Å². The SMILES string of the molecule is CC(=O)NCCCCCC(=O)Nc1cccc(CS(=O)(=O)C2CCCCC2)c1. The standard InChI is InChI=1S/C21H32N2O4S/c1-17(24)22-14-7-3-6-13-21(25)23-19-10-8-9-18(15-19)16-28(26,27)20-11-4-2-5-12-20/h8-10,15,20H,2-7,11-14,16H2,1H3,(H,22,24)(H,23,25). The monoisotopic (exact) mass is 408 g/mol. The van der Waals surface area contributed by atoms with Gasteiger partial charge in [-0.1, -0.05) is 37.8 Å². The topological polar surface area (TPSA) is 92.3 Å². The molecule has 0 aliphatic heterocycles. The van der Waals surface area contributed by atoms with E-state index in [9.17, 15) is 18.0 Å². The predicted octanol–water partition coefficient (Wildman–Crippen LogP) is 3.57. The Hall–Kier alpha value is -1.89. The summed E-state index contributed by atoms with van der Waals surface area (Å²) >= 11 is 0. The van der Waals surface area contributed by atoms with Gasteiger partial charge >= 0.3 is 0 Å². The molecule has 0 saturated heterocycles. The summed E-state index contributed by atoms with van der Waals surface area (Å²) < 4.78 is 25.3. The van der Waals surface area contributed by atoms with Crippen LogP contribution < -0.4 is 10.6 Å². The summed E-state index contributed by atoms with van der Waals surface area (Å²) in [6, 6.07) is 7.13. The number of carbonyl (C=O) groups is 2. The van der Waals surface area contributed by atoms with Crippen molar-refractivity contribution in [3.05, 3.63) is 29.8 Å².